The van der Waals surface area contributed by atoms with Gasteiger partial charge in [-0.2, -0.15) is 4.31 Å². The molecule has 0 radical (unpaired) electrons. The fraction of sp³-hybridized carbons (Fsp3) is 0.611. The predicted molar refractivity (Wildman–Crippen MR) is 98.0 cm³/mol. The normalized spacial score (nSPS) is 15.0. The van der Waals surface area contributed by atoms with E-state index >= 15 is 0 Å². The summed E-state index contributed by atoms with van der Waals surface area (Å²) in [6.07, 6.45) is 2.20. The molecular formula is C18H28N2O4S. The second kappa shape index (κ2) is 8.67. The number of hydrogen-bond acceptors (Lipinski definition) is 4. The third kappa shape index (κ3) is 4.95. The molecule has 0 unspecified atom stereocenters. The topological polar surface area (TPSA) is 75.7 Å². The zero-order valence-corrected chi connectivity index (χ0v) is 16.1. The lowest BCUT2D eigenvalue weighted by molar-refractivity contribution is -0.125. The summed E-state index contributed by atoms with van der Waals surface area (Å²) in [5.41, 5.74) is 2.14. The van der Waals surface area contributed by atoms with Crippen molar-refractivity contribution in [1.82, 2.24) is 9.62 Å². The van der Waals surface area contributed by atoms with Crippen LogP contribution in [-0.4, -0.2) is 44.6 Å². The molecule has 2 rings (SSSR count). The third-order valence-corrected chi connectivity index (χ3v) is 6.62. The van der Waals surface area contributed by atoms with E-state index in [4.69, 9.17) is 4.74 Å². The molecule has 7 heteroatoms. The van der Waals surface area contributed by atoms with Gasteiger partial charge < -0.3 is 10.1 Å². The lowest BCUT2D eigenvalue weighted by Crippen LogP contribution is -2.41. The first-order valence-electron chi connectivity index (χ1n) is 8.82. The van der Waals surface area contributed by atoms with Crippen LogP contribution in [0.5, 0.6) is 5.75 Å². The number of carbonyl (C=O) groups is 1. The van der Waals surface area contributed by atoms with E-state index in [1.165, 1.54) is 4.31 Å². The summed E-state index contributed by atoms with van der Waals surface area (Å²) in [5.74, 6) is 0.625. The fourth-order valence-corrected chi connectivity index (χ4v) is 4.43. The number of fused-ring (bicyclic) bond motifs is 1. The molecule has 0 spiro atoms. The fourth-order valence-electron chi connectivity index (χ4n) is 3.10. The Labute approximate surface area is 150 Å². The highest BCUT2D eigenvalue weighted by molar-refractivity contribution is 7.89. The molecule has 1 aromatic rings. The Morgan fingerprint density at radius 1 is 1.28 bits per heavy atom. The van der Waals surface area contributed by atoms with Gasteiger partial charge in [-0.05, 0) is 42.5 Å². The molecule has 1 amide bonds. The first kappa shape index (κ1) is 19.7. The first-order valence-corrected chi connectivity index (χ1v) is 10.4. The molecule has 0 saturated carbocycles. The van der Waals surface area contributed by atoms with Crippen LogP contribution in [-0.2, 0) is 27.8 Å². The van der Waals surface area contributed by atoms with Crippen LogP contribution in [0.25, 0.3) is 0 Å². The van der Waals surface area contributed by atoms with E-state index in [1.54, 1.807) is 7.11 Å². The number of amides is 1. The third-order valence-electron chi connectivity index (χ3n) is 4.80. The lowest BCUT2D eigenvalue weighted by Gasteiger charge is -2.28. The summed E-state index contributed by atoms with van der Waals surface area (Å²) in [6, 6.07) is 5.74. The molecule has 25 heavy (non-hydrogen) atoms. The number of nitrogens with zero attached hydrogens (tertiary/aromatic N) is 1. The Hall–Kier alpha value is -1.60. The Morgan fingerprint density at radius 3 is 2.64 bits per heavy atom. The summed E-state index contributed by atoms with van der Waals surface area (Å²) < 4.78 is 31.8. The zero-order chi connectivity index (χ0) is 18.4. The second-order valence-electron chi connectivity index (χ2n) is 6.34. The molecule has 0 fully saturated rings. The summed E-state index contributed by atoms with van der Waals surface area (Å²) in [7, 11) is -1.77. The van der Waals surface area contributed by atoms with E-state index < -0.39 is 10.0 Å². The average molecular weight is 368 g/mol. The Bertz CT molecular complexity index is 699. The summed E-state index contributed by atoms with van der Waals surface area (Å²) in [4.78, 5) is 12.0. The van der Waals surface area contributed by atoms with Crippen molar-refractivity contribution in [3.63, 3.8) is 0 Å². The van der Waals surface area contributed by atoms with Crippen molar-refractivity contribution >= 4 is 15.9 Å². The van der Waals surface area contributed by atoms with E-state index in [-0.39, 0.29) is 24.1 Å². The van der Waals surface area contributed by atoms with Gasteiger partial charge >= 0.3 is 0 Å². The van der Waals surface area contributed by atoms with Crippen molar-refractivity contribution in [2.24, 2.45) is 5.92 Å². The van der Waals surface area contributed by atoms with Crippen LogP contribution in [0.4, 0.5) is 0 Å². The molecule has 6 nitrogen and oxygen atoms in total. The van der Waals surface area contributed by atoms with Gasteiger partial charge in [-0.1, -0.05) is 19.9 Å². The van der Waals surface area contributed by atoms with Crippen LogP contribution in [0, 0.1) is 5.92 Å². The van der Waals surface area contributed by atoms with E-state index in [0.29, 0.717) is 19.5 Å². The largest absolute Gasteiger partial charge is 0.497 e. The minimum absolute atomic E-state index is 0.0421. The standard InChI is InChI=1S/C18H28N2O4S/c1-4-14(5-2)18(21)19-9-11-25(22,23)20-10-8-15-12-17(24-3)7-6-16(15)13-20/h6-7,12,14H,4-5,8-11,13H2,1-3H3,(H,19,21). The van der Waals surface area contributed by atoms with E-state index in [0.717, 1.165) is 29.7 Å². The predicted octanol–water partition coefficient (Wildman–Crippen LogP) is 1.94. The quantitative estimate of drug-likeness (QED) is 0.761. The summed E-state index contributed by atoms with van der Waals surface area (Å²) >= 11 is 0. The minimum Gasteiger partial charge on any atom is -0.497 e. The molecule has 1 aliphatic rings. The number of sulfonamides is 1. The number of ether oxygens (including phenoxy) is 1. The molecule has 1 N–H and O–H groups in total. The molecule has 0 atom stereocenters. The monoisotopic (exact) mass is 368 g/mol. The van der Waals surface area contributed by atoms with Gasteiger partial charge in [-0.3, -0.25) is 4.79 Å². The first-order chi connectivity index (χ1) is 11.9. The Kier molecular flexibility index (Phi) is 6.84. The molecule has 1 heterocycles. The number of methoxy groups -OCH3 is 1. The highest BCUT2D eigenvalue weighted by atomic mass is 32.2. The highest BCUT2D eigenvalue weighted by Crippen LogP contribution is 2.25. The maximum absolute atomic E-state index is 12.6. The van der Waals surface area contributed by atoms with E-state index in [2.05, 4.69) is 5.32 Å². The van der Waals surface area contributed by atoms with Gasteiger partial charge in [0.25, 0.3) is 0 Å². The molecule has 0 bridgehead atoms. The zero-order valence-electron chi connectivity index (χ0n) is 15.2. The van der Waals surface area contributed by atoms with Crippen LogP contribution < -0.4 is 10.1 Å². The minimum atomic E-state index is -3.39. The van der Waals surface area contributed by atoms with Gasteiger partial charge in [0.05, 0.1) is 12.9 Å². The maximum atomic E-state index is 12.6. The van der Waals surface area contributed by atoms with Crippen molar-refractivity contribution in [2.75, 3.05) is 26.0 Å². The van der Waals surface area contributed by atoms with E-state index in [9.17, 15) is 13.2 Å². The van der Waals surface area contributed by atoms with Crippen molar-refractivity contribution in [2.45, 2.75) is 39.7 Å². The molecule has 140 valence electrons. The van der Waals surface area contributed by atoms with Crippen molar-refractivity contribution in [1.29, 1.82) is 0 Å². The van der Waals surface area contributed by atoms with Gasteiger partial charge in [-0.25, -0.2) is 8.42 Å². The van der Waals surface area contributed by atoms with Gasteiger partial charge in [0, 0.05) is 25.6 Å². The Balaban J connectivity index is 1.93. The summed E-state index contributed by atoms with van der Waals surface area (Å²) in [5, 5.41) is 2.75. The number of hydrogen-bond donors (Lipinski definition) is 1. The molecule has 0 aliphatic carbocycles. The van der Waals surface area contributed by atoms with Crippen LogP contribution in [0.2, 0.25) is 0 Å². The van der Waals surface area contributed by atoms with Gasteiger partial charge in [0.1, 0.15) is 5.75 Å². The number of rotatable bonds is 8. The van der Waals surface area contributed by atoms with Gasteiger partial charge in [0.15, 0.2) is 0 Å². The van der Waals surface area contributed by atoms with Crippen molar-refractivity contribution < 1.29 is 17.9 Å². The smallest absolute Gasteiger partial charge is 0.223 e. The van der Waals surface area contributed by atoms with E-state index in [1.807, 2.05) is 32.0 Å². The van der Waals surface area contributed by atoms with Gasteiger partial charge in [0.2, 0.25) is 15.9 Å². The number of benzene rings is 1. The summed E-state index contributed by atoms with van der Waals surface area (Å²) in [6.45, 7) is 4.92. The maximum Gasteiger partial charge on any atom is 0.223 e. The van der Waals surface area contributed by atoms with Crippen LogP contribution in [0.1, 0.15) is 37.8 Å². The molecule has 0 aromatic heterocycles. The molecular weight excluding hydrogens is 340 g/mol. The molecule has 1 aliphatic heterocycles. The van der Waals surface area contributed by atoms with Crippen LogP contribution in [0.3, 0.4) is 0 Å². The van der Waals surface area contributed by atoms with Crippen LogP contribution in [0.15, 0.2) is 18.2 Å². The average Bonchev–Trinajstić information content (AvgIpc) is 2.61. The van der Waals surface area contributed by atoms with Crippen molar-refractivity contribution in [3.05, 3.63) is 29.3 Å². The second-order valence-corrected chi connectivity index (χ2v) is 8.43. The van der Waals surface area contributed by atoms with Crippen LogP contribution >= 0.6 is 0 Å². The Morgan fingerprint density at radius 2 is 2.00 bits per heavy atom. The SMILES string of the molecule is CCC(CC)C(=O)NCCS(=O)(=O)N1CCc2cc(OC)ccc2C1. The highest BCUT2D eigenvalue weighted by Gasteiger charge is 2.27. The van der Waals surface area contributed by atoms with Gasteiger partial charge in [-0.15, -0.1) is 0 Å². The number of carbonyl (C=O) groups excluding carboxylic acids is 1. The molecule has 1 aromatic carbocycles. The van der Waals surface area contributed by atoms with Crippen molar-refractivity contribution in [3.8, 4) is 5.75 Å². The lowest BCUT2D eigenvalue weighted by atomic mass is 10.0. The number of nitrogens with one attached hydrogen (secondary N) is 1. The molecule has 0 saturated heterocycles.